The molecule has 0 aromatic heterocycles. The van der Waals surface area contributed by atoms with Crippen molar-refractivity contribution in [2.75, 3.05) is 43.5 Å². The maximum atomic E-state index is 12.8. The first-order chi connectivity index (χ1) is 14.4. The lowest BCUT2D eigenvalue weighted by molar-refractivity contribution is 0.0526. The predicted octanol–water partition coefficient (Wildman–Crippen LogP) is 2.69. The van der Waals surface area contributed by atoms with Gasteiger partial charge in [0.15, 0.2) is 5.11 Å². The van der Waals surface area contributed by atoms with Gasteiger partial charge in [0.25, 0.3) is 0 Å². The van der Waals surface area contributed by atoms with Crippen LogP contribution in [-0.2, 0) is 19.5 Å². The molecule has 0 atom stereocenters. The molecule has 160 valence electrons. The summed E-state index contributed by atoms with van der Waals surface area (Å²) in [5.41, 5.74) is 1.67. The predicted molar refractivity (Wildman–Crippen MR) is 118 cm³/mol. The number of carbonyl (C=O) groups is 1. The van der Waals surface area contributed by atoms with Crippen molar-refractivity contribution >= 4 is 44.7 Å². The highest BCUT2D eigenvalue weighted by molar-refractivity contribution is 7.89. The molecule has 1 heterocycles. The summed E-state index contributed by atoms with van der Waals surface area (Å²) in [6.07, 6.45) is 0. The van der Waals surface area contributed by atoms with Crippen LogP contribution in [0.1, 0.15) is 17.3 Å². The molecule has 0 spiro atoms. The lowest BCUT2D eigenvalue weighted by Crippen LogP contribution is -2.40. The molecule has 0 aliphatic carbocycles. The number of anilines is 2. The van der Waals surface area contributed by atoms with E-state index in [1.54, 1.807) is 55.5 Å². The molecule has 0 unspecified atom stereocenters. The van der Waals surface area contributed by atoms with Crippen molar-refractivity contribution in [1.82, 2.24) is 4.31 Å². The number of ether oxygens (including phenoxy) is 2. The first-order valence-electron chi connectivity index (χ1n) is 9.43. The van der Waals surface area contributed by atoms with E-state index in [1.165, 1.54) is 4.31 Å². The minimum atomic E-state index is -3.59. The molecule has 0 amide bonds. The summed E-state index contributed by atoms with van der Waals surface area (Å²) < 4.78 is 37.2. The van der Waals surface area contributed by atoms with Crippen molar-refractivity contribution in [1.29, 1.82) is 0 Å². The lowest BCUT2D eigenvalue weighted by atomic mass is 10.2. The Morgan fingerprint density at radius 2 is 1.77 bits per heavy atom. The van der Waals surface area contributed by atoms with E-state index in [-0.39, 0.29) is 10.9 Å². The second kappa shape index (κ2) is 9.98. The number of hydrogen-bond acceptors (Lipinski definition) is 6. The second-order valence-electron chi connectivity index (χ2n) is 6.42. The first-order valence-corrected chi connectivity index (χ1v) is 11.3. The van der Waals surface area contributed by atoms with Crippen molar-refractivity contribution in [3.8, 4) is 0 Å². The number of hydrogen-bond donors (Lipinski definition) is 2. The summed E-state index contributed by atoms with van der Waals surface area (Å²) in [6.45, 7) is 3.51. The summed E-state index contributed by atoms with van der Waals surface area (Å²) in [5, 5.41) is 6.28. The van der Waals surface area contributed by atoms with Crippen LogP contribution in [0.2, 0.25) is 0 Å². The van der Waals surface area contributed by atoms with E-state index in [0.717, 1.165) is 0 Å². The van der Waals surface area contributed by atoms with Gasteiger partial charge >= 0.3 is 5.97 Å². The average molecular weight is 450 g/mol. The quantitative estimate of drug-likeness (QED) is 0.513. The van der Waals surface area contributed by atoms with Gasteiger partial charge < -0.3 is 20.1 Å². The van der Waals surface area contributed by atoms with Gasteiger partial charge in [0, 0.05) is 24.5 Å². The van der Waals surface area contributed by atoms with E-state index in [9.17, 15) is 13.2 Å². The molecule has 1 aliphatic heterocycles. The molecule has 0 radical (unpaired) electrons. The van der Waals surface area contributed by atoms with E-state index < -0.39 is 10.0 Å². The third kappa shape index (κ3) is 5.54. The maximum absolute atomic E-state index is 12.8. The number of morpholine rings is 1. The standard InChI is InChI=1S/C20H23N3O5S2/c1-2-28-19(24)15-6-8-16(9-7-15)21-20(29)22-17-4-3-5-18(14-17)30(25,26)23-10-12-27-13-11-23/h3-9,14H,2,10-13H2,1H3,(H2,21,22,29). The highest BCUT2D eigenvalue weighted by Gasteiger charge is 2.26. The molecule has 0 saturated carbocycles. The Kier molecular flexibility index (Phi) is 7.38. The third-order valence-corrected chi connectivity index (χ3v) is 6.45. The molecule has 1 fully saturated rings. The zero-order valence-electron chi connectivity index (χ0n) is 16.5. The highest BCUT2D eigenvalue weighted by Crippen LogP contribution is 2.21. The second-order valence-corrected chi connectivity index (χ2v) is 8.77. The highest BCUT2D eigenvalue weighted by atomic mass is 32.2. The number of carbonyl (C=O) groups excluding carboxylic acids is 1. The van der Waals surface area contributed by atoms with Gasteiger partial charge in [0.05, 0.1) is 30.3 Å². The zero-order valence-corrected chi connectivity index (χ0v) is 18.1. The third-order valence-electron chi connectivity index (χ3n) is 4.35. The van der Waals surface area contributed by atoms with Crippen molar-refractivity contribution in [3.05, 3.63) is 54.1 Å². The molecule has 1 saturated heterocycles. The minimum Gasteiger partial charge on any atom is -0.462 e. The van der Waals surface area contributed by atoms with Crippen molar-refractivity contribution in [2.45, 2.75) is 11.8 Å². The van der Waals surface area contributed by atoms with Crippen LogP contribution in [0.15, 0.2) is 53.4 Å². The Bertz CT molecular complexity index is 1000. The van der Waals surface area contributed by atoms with Gasteiger partial charge in [0.2, 0.25) is 10.0 Å². The number of rotatable bonds is 6. The minimum absolute atomic E-state index is 0.191. The van der Waals surface area contributed by atoms with Crippen molar-refractivity contribution in [3.63, 3.8) is 0 Å². The summed E-state index contributed by atoms with van der Waals surface area (Å²) in [4.78, 5) is 11.9. The van der Waals surface area contributed by atoms with E-state index in [1.807, 2.05) is 0 Å². The molecule has 8 nitrogen and oxygen atoms in total. The molecule has 10 heteroatoms. The van der Waals surface area contributed by atoms with Crippen LogP contribution in [0.3, 0.4) is 0 Å². The monoisotopic (exact) mass is 449 g/mol. The van der Waals surface area contributed by atoms with Crippen LogP contribution in [0.5, 0.6) is 0 Å². The van der Waals surface area contributed by atoms with Crippen LogP contribution in [0, 0.1) is 0 Å². The van der Waals surface area contributed by atoms with Crippen LogP contribution in [0.4, 0.5) is 11.4 Å². The molecule has 2 aromatic rings. The van der Waals surface area contributed by atoms with Crippen LogP contribution >= 0.6 is 12.2 Å². The van der Waals surface area contributed by atoms with Crippen LogP contribution in [-0.4, -0.2) is 56.7 Å². The number of thiocarbonyl (C=S) groups is 1. The zero-order chi connectivity index (χ0) is 21.6. The number of benzene rings is 2. The molecule has 1 aliphatic rings. The van der Waals surface area contributed by atoms with Crippen LogP contribution < -0.4 is 10.6 Å². The number of nitrogens with zero attached hydrogens (tertiary/aromatic N) is 1. The van der Waals surface area contributed by atoms with Gasteiger partial charge in [-0.05, 0) is 61.6 Å². The molecule has 2 N–H and O–H groups in total. The molecule has 3 rings (SSSR count). The molecule has 30 heavy (non-hydrogen) atoms. The summed E-state index contributed by atoms with van der Waals surface area (Å²) in [7, 11) is -3.59. The maximum Gasteiger partial charge on any atom is 0.338 e. The number of nitrogens with one attached hydrogen (secondary N) is 2. The fourth-order valence-electron chi connectivity index (χ4n) is 2.87. The van der Waals surface area contributed by atoms with E-state index in [4.69, 9.17) is 21.7 Å². The molecular formula is C20H23N3O5S2. The normalized spacial score (nSPS) is 14.7. The Morgan fingerprint density at radius 3 is 2.43 bits per heavy atom. The topological polar surface area (TPSA) is 97.0 Å². The van der Waals surface area contributed by atoms with E-state index in [0.29, 0.717) is 55.0 Å². The van der Waals surface area contributed by atoms with Gasteiger partial charge in [-0.2, -0.15) is 4.31 Å². The largest absolute Gasteiger partial charge is 0.462 e. The van der Waals surface area contributed by atoms with E-state index in [2.05, 4.69) is 10.6 Å². The van der Waals surface area contributed by atoms with Crippen molar-refractivity contribution < 1.29 is 22.7 Å². The summed E-state index contributed by atoms with van der Waals surface area (Å²) >= 11 is 5.32. The Labute approximate surface area is 181 Å². The smallest absolute Gasteiger partial charge is 0.338 e. The number of esters is 1. The summed E-state index contributed by atoms with van der Waals surface area (Å²) in [5.74, 6) is -0.386. The summed E-state index contributed by atoms with van der Waals surface area (Å²) in [6, 6.07) is 13.2. The Balaban J connectivity index is 1.64. The number of sulfonamides is 1. The van der Waals surface area contributed by atoms with Gasteiger partial charge in [-0.3, -0.25) is 0 Å². The van der Waals surface area contributed by atoms with Crippen LogP contribution in [0.25, 0.3) is 0 Å². The van der Waals surface area contributed by atoms with Crippen molar-refractivity contribution in [2.24, 2.45) is 0 Å². The fraction of sp³-hybridized carbons (Fsp3) is 0.300. The lowest BCUT2D eigenvalue weighted by Gasteiger charge is -2.26. The van der Waals surface area contributed by atoms with Gasteiger partial charge in [0.1, 0.15) is 0 Å². The fourth-order valence-corrected chi connectivity index (χ4v) is 4.56. The molecule has 0 bridgehead atoms. The average Bonchev–Trinajstić information content (AvgIpc) is 2.75. The molecular weight excluding hydrogens is 426 g/mol. The van der Waals surface area contributed by atoms with Gasteiger partial charge in [-0.25, -0.2) is 13.2 Å². The van der Waals surface area contributed by atoms with Gasteiger partial charge in [-0.15, -0.1) is 0 Å². The molecule has 2 aromatic carbocycles. The van der Waals surface area contributed by atoms with E-state index >= 15 is 0 Å². The SMILES string of the molecule is CCOC(=O)c1ccc(NC(=S)Nc2cccc(S(=O)(=O)N3CCOCC3)c2)cc1. The Hall–Kier alpha value is -2.53. The first kappa shape index (κ1) is 22.2. The Morgan fingerprint density at radius 1 is 1.10 bits per heavy atom. The van der Waals surface area contributed by atoms with Gasteiger partial charge in [-0.1, -0.05) is 6.07 Å².